The zero-order valence-corrected chi connectivity index (χ0v) is 9.88. The molecule has 1 rings (SSSR count). The van der Waals surface area contributed by atoms with Gasteiger partial charge in [-0.05, 0) is 6.92 Å². The van der Waals surface area contributed by atoms with Gasteiger partial charge in [-0.15, -0.1) is 0 Å². The van der Waals surface area contributed by atoms with Gasteiger partial charge in [0.2, 0.25) is 11.9 Å². The van der Waals surface area contributed by atoms with Crippen LogP contribution in [0.4, 0.5) is 16.2 Å². The normalized spacial score (nSPS) is 9.82. The number of aromatic nitrogens is 2. The van der Waals surface area contributed by atoms with Crippen molar-refractivity contribution in [2.24, 2.45) is 0 Å². The Kier molecular flexibility index (Phi) is 5.12. The molecule has 0 bridgehead atoms. The van der Waals surface area contributed by atoms with E-state index < -0.39 is 5.82 Å². The van der Waals surface area contributed by atoms with Crippen molar-refractivity contribution in [1.82, 2.24) is 15.3 Å². The van der Waals surface area contributed by atoms with Gasteiger partial charge in [0.25, 0.3) is 0 Å². The molecule has 0 aromatic carbocycles. The number of rotatable bonds is 6. The molecule has 6 nitrogen and oxygen atoms in total. The summed E-state index contributed by atoms with van der Waals surface area (Å²) in [7, 11) is 1.55. The number of amides is 1. The number of carbonyl (C=O) groups excluding carboxylic acids is 1. The summed E-state index contributed by atoms with van der Waals surface area (Å²) in [4.78, 5) is 18.7. The molecule has 0 saturated heterocycles. The zero-order chi connectivity index (χ0) is 12.7. The van der Waals surface area contributed by atoms with Crippen LogP contribution in [-0.4, -0.2) is 36.0 Å². The van der Waals surface area contributed by atoms with Crippen molar-refractivity contribution in [3.8, 4) is 0 Å². The van der Waals surface area contributed by atoms with Crippen molar-refractivity contribution in [3.05, 3.63) is 12.0 Å². The highest BCUT2D eigenvalue weighted by Crippen LogP contribution is 2.11. The topological polar surface area (TPSA) is 78.9 Å². The molecule has 1 aromatic rings. The van der Waals surface area contributed by atoms with E-state index in [4.69, 9.17) is 0 Å². The molecule has 0 aliphatic carbocycles. The molecule has 0 unspecified atom stereocenters. The fourth-order valence-electron chi connectivity index (χ4n) is 1.15. The lowest BCUT2D eigenvalue weighted by molar-refractivity contribution is -0.120. The lowest BCUT2D eigenvalue weighted by Crippen LogP contribution is -2.21. The standard InChI is InChI=1S/C10H16FN5O/c1-3-13-10-15-6-7(11)9(16-10)14-5-4-8(17)12-2/h6H,3-5H2,1-2H3,(H,12,17)(H2,13,14,15,16). The van der Waals surface area contributed by atoms with Gasteiger partial charge in [0, 0.05) is 26.6 Å². The molecular weight excluding hydrogens is 225 g/mol. The summed E-state index contributed by atoms with van der Waals surface area (Å²) in [6.45, 7) is 2.87. The summed E-state index contributed by atoms with van der Waals surface area (Å²) in [5.74, 6) is -0.196. The summed E-state index contributed by atoms with van der Waals surface area (Å²) >= 11 is 0. The van der Waals surface area contributed by atoms with Gasteiger partial charge in [0.15, 0.2) is 11.6 Å². The first-order valence-corrected chi connectivity index (χ1v) is 5.38. The Balaban J connectivity index is 2.56. The molecule has 94 valence electrons. The van der Waals surface area contributed by atoms with Crippen LogP contribution >= 0.6 is 0 Å². The second-order valence-corrected chi connectivity index (χ2v) is 3.27. The summed E-state index contributed by atoms with van der Waals surface area (Å²) in [5.41, 5.74) is 0. The van der Waals surface area contributed by atoms with Crippen LogP contribution in [0.2, 0.25) is 0 Å². The fraction of sp³-hybridized carbons (Fsp3) is 0.500. The number of carbonyl (C=O) groups is 1. The van der Waals surface area contributed by atoms with Crippen LogP contribution in [0.5, 0.6) is 0 Å². The first kappa shape index (κ1) is 13.1. The van der Waals surface area contributed by atoms with Crippen LogP contribution in [0.25, 0.3) is 0 Å². The van der Waals surface area contributed by atoms with Gasteiger partial charge in [0.05, 0.1) is 6.20 Å². The smallest absolute Gasteiger partial charge is 0.224 e. The molecule has 17 heavy (non-hydrogen) atoms. The lowest BCUT2D eigenvalue weighted by atomic mass is 10.4. The van der Waals surface area contributed by atoms with Crippen LogP contribution in [0.3, 0.4) is 0 Å². The predicted molar refractivity (Wildman–Crippen MR) is 63.3 cm³/mol. The van der Waals surface area contributed by atoms with Gasteiger partial charge in [0.1, 0.15) is 0 Å². The largest absolute Gasteiger partial charge is 0.367 e. The molecule has 0 atom stereocenters. The third-order valence-electron chi connectivity index (χ3n) is 2.00. The second kappa shape index (κ2) is 6.62. The van der Waals surface area contributed by atoms with E-state index in [0.29, 0.717) is 19.0 Å². The number of nitrogens with one attached hydrogen (secondary N) is 3. The highest BCUT2D eigenvalue weighted by atomic mass is 19.1. The summed E-state index contributed by atoms with van der Waals surface area (Å²) < 4.78 is 13.3. The maximum absolute atomic E-state index is 13.3. The highest BCUT2D eigenvalue weighted by molar-refractivity contribution is 5.76. The van der Waals surface area contributed by atoms with Gasteiger partial charge in [-0.25, -0.2) is 9.37 Å². The van der Waals surface area contributed by atoms with E-state index in [0.717, 1.165) is 6.20 Å². The molecule has 1 aromatic heterocycles. The Morgan fingerprint density at radius 1 is 1.47 bits per heavy atom. The van der Waals surface area contributed by atoms with E-state index in [9.17, 15) is 9.18 Å². The first-order chi connectivity index (χ1) is 8.17. The Labute approximate surface area is 99.0 Å². The van der Waals surface area contributed by atoms with E-state index >= 15 is 0 Å². The Morgan fingerprint density at radius 2 is 2.24 bits per heavy atom. The van der Waals surface area contributed by atoms with E-state index in [1.165, 1.54) is 0 Å². The number of hydrogen-bond acceptors (Lipinski definition) is 5. The molecule has 1 heterocycles. The van der Waals surface area contributed by atoms with Crippen LogP contribution in [0.15, 0.2) is 6.20 Å². The van der Waals surface area contributed by atoms with Crippen molar-refractivity contribution in [2.75, 3.05) is 30.8 Å². The second-order valence-electron chi connectivity index (χ2n) is 3.27. The highest BCUT2D eigenvalue weighted by Gasteiger charge is 2.06. The maximum atomic E-state index is 13.3. The summed E-state index contributed by atoms with van der Waals surface area (Å²) in [6, 6.07) is 0. The maximum Gasteiger partial charge on any atom is 0.224 e. The van der Waals surface area contributed by atoms with E-state index in [1.807, 2.05) is 6.92 Å². The van der Waals surface area contributed by atoms with Crippen LogP contribution in [0.1, 0.15) is 13.3 Å². The SMILES string of the molecule is CCNc1ncc(F)c(NCCC(=O)NC)n1. The van der Waals surface area contributed by atoms with Crippen LogP contribution in [0, 0.1) is 5.82 Å². The third kappa shape index (κ3) is 4.21. The van der Waals surface area contributed by atoms with Gasteiger partial charge in [-0.2, -0.15) is 4.98 Å². The van der Waals surface area contributed by atoms with Crippen molar-refractivity contribution < 1.29 is 9.18 Å². The van der Waals surface area contributed by atoms with Gasteiger partial charge in [-0.3, -0.25) is 4.79 Å². The van der Waals surface area contributed by atoms with Crippen LogP contribution in [-0.2, 0) is 4.79 Å². The van der Waals surface area contributed by atoms with E-state index in [-0.39, 0.29) is 18.1 Å². The number of nitrogens with zero attached hydrogens (tertiary/aromatic N) is 2. The van der Waals surface area contributed by atoms with Gasteiger partial charge < -0.3 is 16.0 Å². The Hall–Kier alpha value is -1.92. The Morgan fingerprint density at radius 3 is 2.88 bits per heavy atom. The molecule has 0 aliphatic heterocycles. The molecule has 0 aliphatic rings. The summed E-state index contributed by atoms with van der Waals surface area (Å²) in [5, 5.41) is 8.11. The minimum Gasteiger partial charge on any atom is -0.367 e. The first-order valence-electron chi connectivity index (χ1n) is 5.38. The average Bonchev–Trinajstić information content (AvgIpc) is 2.33. The minimum absolute atomic E-state index is 0.0971. The molecule has 1 amide bonds. The van der Waals surface area contributed by atoms with Crippen LogP contribution < -0.4 is 16.0 Å². The monoisotopic (exact) mass is 241 g/mol. The Bertz CT molecular complexity index is 385. The molecule has 0 spiro atoms. The molecule has 7 heteroatoms. The molecule has 0 radical (unpaired) electrons. The van der Waals surface area contributed by atoms with E-state index in [2.05, 4.69) is 25.9 Å². The number of halogens is 1. The number of hydrogen-bond donors (Lipinski definition) is 3. The van der Waals surface area contributed by atoms with Gasteiger partial charge >= 0.3 is 0 Å². The van der Waals surface area contributed by atoms with E-state index in [1.54, 1.807) is 7.05 Å². The van der Waals surface area contributed by atoms with Crippen molar-refractivity contribution in [1.29, 1.82) is 0 Å². The molecular formula is C10H16FN5O. The third-order valence-corrected chi connectivity index (χ3v) is 2.00. The average molecular weight is 241 g/mol. The lowest BCUT2D eigenvalue weighted by Gasteiger charge is -2.07. The molecule has 3 N–H and O–H groups in total. The molecule has 0 saturated carbocycles. The van der Waals surface area contributed by atoms with Crippen molar-refractivity contribution in [2.45, 2.75) is 13.3 Å². The van der Waals surface area contributed by atoms with Crippen molar-refractivity contribution in [3.63, 3.8) is 0 Å². The zero-order valence-electron chi connectivity index (χ0n) is 9.88. The number of anilines is 2. The molecule has 0 fully saturated rings. The van der Waals surface area contributed by atoms with Crippen molar-refractivity contribution >= 4 is 17.7 Å². The predicted octanol–water partition coefficient (Wildman–Crippen LogP) is 0.595. The fourth-order valence-corrected chi connectivity index (χ4v) is 1.15. The summed E-state index contributed by atoms with van der Waals surface area (Å²) in [6.07, 6.45) is 1.35. The minimum atomic E-state index is -0.538. The van der Waals surface area contributed by atoms with Gasteiger partial charge in [-0.1, -0.05) is 0 Å². The quantitative estimate of drug-likeness (QED) is 0.679.